The Morgan fingerprint density at radius 2 is 2.00 bits per heavy atom. The van der Waals surface area contributed by atoms with E-state index in [4.69, 9.17) is 0 Å². The lowest BCUT2D eigenvalue weighted by molar-refractivity contribution is -0.137. The third-order valence-electron chi connectivity index (χ3n) is 4.97. The maximum Gasteiger partial charge on any atom is 0.325 e. The molecule has 0 unspecified atom stereocenters. The van der Waals surface area contributed by atoms with Crippen LogP contribution >= 0.6 is 0 Å². The van der Waals surface area contributed by atoms with Gasteiger partial charge in [-0.25, -0.2) is 4.79 Å². The molecule has 1 saturated carbocycles. The van der Waals surface area contributed by atoms with Crippen molar-refractivity contribution < 1.29 is 14.4 Å². The Balaban J connectivity index is 2.02. The number of carbonyl (C=O) groups excluding carboxylic acids is 3. The van der Waals surface area contributed by atoms with E-state index in [1.165, 1.54) is 0 Å². The van der Waals surface area contributed by atoms with Crippen molar-refractivity contribution >= 4 is 17.8 Å². The Kier molecular flexibility index (Phi) is 5.25. The van der Waals surface area contributed by atoms with E-state index in [1.807, 2.05) is 0 Å². The molecule has 6 heteroatoms. The van der Waals surface area contributed by atoms with Gasteiger partial charge in [0.1, 0.15) is 12.1 Å². The van der Waals surface area contributed by atoms with Crippen LogP contribution < -0.4 is 10.6 Å². The summed E-state index contributed by atoms with van der Waals surface area (Å²) in [6.45, 7) is 10.9. The molecule has 0 aromatic heterocycles. The fraction of sp³-hybridized carbons (Fsp3) is 0.833. The summed E-state index contributed by atoms with van der Waals surface area (Å²) in [5.74, 6) is 0.333. The molecule has 0 aromatic carbocycles. The predicted octanol–water partition coefficient (Wildman–Crippen LogP) is 2.29. The number of rotatable bonds is 5. The first-order valence-corrected chi connectivity index (χ1v) is 8.95. The summed E-state index contributed by atoms with van der Waals surface area (Å²) in [5, 5.41) is 5.68. The molecular formula is C18H31N3O3. The van der Waals surface area contributed by atoms with Gasteiger partial charge < -0.3 is 10.6 Å². The van der Waals surface area contributed by atoms with Crippen molar-refractivity contribution in [2.75, 3.05) is 13.1 Å². The first-order valence-electron chi connectivity index (χ1n) is 8.95. The van der Waals surface area contributed by atoms with Gasteiger partial charge in [0.05, 0.1) is 0 Å². The Morgan fingerprint density at radius 1 is 1.33 bits per heavy atom. The van der Waals surface area contributed by atoms with Crippen molar-refractivity contribution in [3.8, 4) is 0 Å². The molecular weight excluding hydrogens is 306 g/mol. The fourth-order valence-corrected chi connectivity index (χ4v) is 4.35. The van der Waals surface area contributed by atoms with Crippen LogP contribution in [0.25, 0.3) is 0 Å². The van der Waals surface area contributed by atoms with Crippen LogP contribution in [-0.2, 0) is 9.59 Å². The van der Waals surface area contributed by atoms with Gasteiger partial charge in [-0.15, -0.1) is 0 Å². The standard InChI is InChI=1S/C18H31N3O3/c1-12(2)6-7-19-14(22)10-21-15(23)18(20-16(21)24)9-13(3)8-17(4,5)11-18/h12-13H,6-11H2,1-5H3,(H,19,22)(H,20,24)/t13-,18-/m0/s1. The normalized spacial score (nSPS) is 29.2. The molecule has 24 heavy (non-hydrogen) atoms. The summed E-state index contributed by atoms with van der Waals surface area (Å²) in [6, 6.07) is -0.441. The Morgan fingerprint density at radius 3 is 2.58 bits per heavy atom. The van der Waals surface area contributed by atoms with Crippen LogP contribution in [0.3, 0.4) is 0 Å². The number of urea groups is 1. The van der Waals surface area contributed by atoms with E-state index >= 15 is 0 Å². The van der Waals surface area contributed by atoms with Crippen LogP contribution in [0.1, 0.15) is 60.3 Å². The van der Waals surface area contributed by atoms with Crippen LogP contribution in [-0.4, -0.2) is 41.4 Å². The third-order valence-corrected chi connectivity index (χ3v) is 4.97. The van der Waals surface area contributed by atoms with E-state index in [2.05, 4.69) is 45.3 Å². The molecule has 2 N–H and O–H groups in total. The maximum atomic E-state index is 12.9. The highest BCUT2D eigenvalue weighted by molar-refractivity contribution is 6.09. The second-order valence-corrected chi connectivity index (χ2v) is 8.79. The van der Waals surface area contributed by atoms with Gasteiger partial charge in [0.15, 0.2) is 0 Å². The highest BCUT2D eigenvalue weighted by atomic mass is 16.2. The lowest BCUT2D eigenvalue weighted by Crippen LogP contribution is -2.54. The topological polar surface area (TPSA) is 78.5 Å². The number of amides is 4. The highest BCUT2D eigenvalue weighted by Crippen LogP contribution is 2.46. The van der Waals surface area contributed by atoms with Crippen LogP contribution in [0.5, 0.6) is 0 Å². The second kappa shape index (κ2) is 6.73. The van der Waals surface area contributed by atoms with Crippen molar-refractivity contribution in [2.24, 2.45) is 17.3 Å². The van der Waals surface area contributed by atoms with Gasteiger partial charge in [0.25, 0.3) is 5.91 Å². The van der Waals surface area contributed by atoms with Crippen molar-refractivity contribution in [3.05, 3.63) is 0 Å². The zero-order valence-electron chi connectivity index (χ0n) is 15.6. The summed E-state index contributed by atoms with van der Waals surface area (Å²) in [4.78, 5) is 38.3. The minimum Gasteiger partial charge on any atom is -0.355 e. The van der Waals surface area contributed by atoms with Crippen molar-refractivity contribution in [3.63, 3.8) is 0 Å². The Hall–Kier alpha value is -1.59. The molecule has 1 heterocycles. The SMILES string of the molecule is CC(C)CCNC(=O)CN1C(=O)N[C@]2(C[C@@H](C)CC(C)(C)C2)C1=O. The van der Waals surface area contributed by atoms with Gasteiger partial charge in [-0.05, 0) is 42.9 Å². The molecule has 6 nitrogen and oxygen atoms in total. The molecule has 2 rings (SSSR count). The smallest absolute Gasteiger partial charge is 0.325 e. The Labute approximate surface area is 144 Å². The van der Waals surface area contributed by atoms with Crippen LogP contribution in [0, 0.1) is 17.3 Å². The molecule has 0 radical (unpaired) electrons. The van der Waals surface area contributed by atoms with E-state index in [1.54, 1.807) is 0 Å². The van der Waals surface area contributed by atoms with E-state index < -0.39 is 11.6 Å². The number of hydrogen-bond donors (Lipinski definition) is 2. The first-order chi connectivity index (χ1) is 11.0. The second-order valence-electron chi connectivity index (χ2n) is 8.79. The molecule has 1 spiro atoms. The predicted molar refractivity (Wildman–Crippen MR) is 92.2 cm³/mol. The van der Waals surface area contributed by atoms with Crippen LogP contribution in [0.2, 0.25) is 0 Å². The minimum atomic E-state index is -0.837. The number of carbonyl (C=O) groups is 3. The summed E-state index contributed by atoms with van der Waals surface area (Å²) in [7, 11) is 0. The van der Waals surface area contributed by atoms with Crippen molar-refractivity contribution in [2.45, 2.75) is 65.8 Å². The average molecular weight is 337 g/mol. The molecule has 136 valence electrons. The van der Waals surface area contributed by atoms with Gasteiger partial charge in [-0.1, -0.05) is 34.6 Å². The molecule has 0 bridgehead atoms. The molecule has 2 aliphatic rings. The van der Waals surface area contributed by atoms with Gasteiger partial charge in [0.2, 0.25) is 5.91 Å². The van der Waals surface area contributed by atoms with E-state index in [0.717, 1.165) is 17.7 Å². The van der Waals surface area contributed by atoms with Gasteiger partial charge in [0, 0.05) is 6.54 Å². The summed E-state index contributed by atoms with van der Waals surface area (Å²) in [5.41, 5.74) is -0.841. The number of imide groups is 1. The number of nitrogens with zero attached hydrogens (tertiary/aromatic N) is 1. The van der Waals surface area contributed by atoms with E-state index in [-0.39, 0.29) is 23.8 Å². The molecule has 0 aromatic rings. The van der Waals surface area contributed by atoms with Gasteiger partial charge in [-0.3, -0.25) is 14.5 Å². The summed E-state index contributed by atoms with van der Waals surface area (Å²) >= 11 is 0. The van der Waals surface area contributed by atoms with Crippen LogP contribution in [0.15, 0.2) is 0 Å². The number of nitrogens with one attached hydrogen (secondary N) is 2. The van der Waals surface area contributed by atoms with Crippen molar-refractivity contribution in [1.29, 1.82) is 0 Å². The van der Waals surface area contributed by atoms with Crippen LogP contribution in [0.4, 0.5) is 4.79 Å². The number of hydrogen-bond acceptors (Lipinski definition) is 3. The van der Waals surface area contributed by atoms with E-state index in [9.17, 15) is 14.4 Å². The first kappa shape index (κ1) is 18.7. The molecule has 4 amide bonds. The molecule has 2 fully saturated rings. The molecule has 1 aliphatic heterocycles. The quantitative estimate of drug-likeness (QED) is 0.756. The summed E-state index contributed by atoms with van der Waals surface area (Å²) < 4.78 is 0. The third kappa shape index (κ3) is 4.08. The molecule has 1 saturated heterocycles. The average Bonchev–Trinajstić information content (AvgIpc) is 2.60. The highest BCUT2D eigenvalue weighted by Gasteiger charge is 2.56. The van der Waals surface area contributed by atoms with Gasteiger partial charge in [-0.2, -0.15) is 0 Å². The zero-order chi connectivity index (χ0) is 18.1. The van der Waals surface area contributed by atoms with Gasteiger partial charge >= 0.3 is 6.03 Å². The largest absolute Gasteiger partial charge is 0.355 e. The molecule has 2 atom stereocenters. The monoisotopic (exact) mass is 337 g/mol. The zero-order valence-corrected chi connectivity index (χ0v) is 15.6. The maximum absolute atomic E-state index is 12.9. The van der Waals surface area contributed by atoms with E-state index in [0.29, 0.717) is 31.2 Å². The van der Waals surface area contributed by atoms with Crippen molar-refractivity contribution in [1.82, 2.24) is 15.5 Å². The Bertz CT molecular complexity index is 530. The molecule has 1 aliphatic carbocycles. The fourth-order valence-electron chi connectivity index (χ4n) is 4.35. The lowest BCUT2D eigenvalue weighted by atomic mass is 9.64. The summed E-state index contributed by atoms with van der Waals surface area (Å²) in [6.07, 6.45) is 3.18. The minimum absolute atomic E-state index is 0.00383. The lowest BCUT2D eigenvalue weighted by Gasteiger charge is -2.43.